The van der Waals surface area contributed by atoms with E-state index in [2.05, 4.69) is 5.32 Å². The van der Waals surface area contributed by atoms with E-state index in [4.69, 9.17) is 14.6 Å². The molecule has 2 unspecified atom stereocenters. The molecule has 180 valence electrons. The number of carbonyl (C=O) groups is 3. The average Bonchev–Trinajstić information content (AvgIpc) is 3.34. The van der Waals surface area contributed by atoms with E-state index in [1.807, 2.05) is 53.8 Å². The largest absolute Gasteiger partial charge is 0.477 e. The first-order valence-electron chi connectivity index (χ1n) is 10.7. The highest BCUT2D eigenvalue weighted by atomic mass is 19.3. The standard InChI is InChI=1S/C24H24F2N2O6/c1-23(20(29)27-12-24(25,26)21(30)31)13-33-11-19(23)28-22(32)34-10-18-16-8-4-2-6-14(16)15-7-3-5-9-17(15)18/h2-9,18-19H,10-13H2,1H3,(H,27,29)(H,28,32)(H,30,31). The second-order valence-electron chi connectivity index (χ2n) is 8.65. The molecule has 34 heavy (non-hydrogen) atoms. The van der Waals surface area contributed by atoms with Crippen molar-refractivity contribution in [3.8, 4) is 11.1 Å². The maximum absolute atomic E-state index is 13.3. The fourth-order valence-corrected chi connectivity index (χ4v) is 4.35. The number of alkyl halides is 2. The van der Waals surface area contributed by atoms with Gasteiger partial charge in [0.2, 0.25) is 5.91 Å². The molecule has 0 spiro atoms. The minimum absolute atomic E-state index is 0.0244. The maximum Gasteiger partial charge on any atom is 0.407 e. The van der Waals surface area contributed by atoms with Gasteiger partial charge < -0.3 is 25.2 Å². The van der Waals surface area contributed by atoms with Gasteiger partial charge in [-0.25, -0.2) is 9.59 Å². The number of alkyl carbamates (subject to hydrolysis) is 1. The lowest BCUT2D eigenvalue weighted by Crippen LogP contribution is -2.55. The van der Waals surface area contributed by atoms with Gasteiger partial charge in [0.25, 0.3) is 0 Å². The van der Waals surface area contributed by atoms with Gasteiger partial charge in [-0.1, -0.05) is 48.5 Å². The first-order chi connectivity index (χ1) is 16.1. The zero-order valence-electron chi connectivity index (χ0n) is 18.3. The molecule has 2 aliphatic rings. The lowest BCUT2D eigenvalue weighted by molar-refractivity contribution is -0.164. The smallest absolute Gasteiger partial charge is 0.407 e. The molecule has 8 nitrogen and oxygen atoms in total. The van der Waals surface area contributed by atoms with E-state index in [0.717, 1.165) is 22.3 Å². The van der Waals surface area contributed by atoms with Gasteiger partial charge in [-0.2, -0.15) is 8.78 Å². The Hall–Kier alpha value is -3.53. The number of aliphatic carboxylic acids is 1. The number of nitrogens with one attached hydrogen (secondary N) is 2. The van der Waals surface area contributed by atoms with Crippen LogP contribution in [-0.4, -0.2) is 61.4 Å². The summed E-state index contributed by atoms with van der Waals surface area (Å²) in [6.07, 6.45) is -0.771. The number of hydrogen-bond donors (Lipinski definition) is 3. The van der Waals surface area contributed by atoms with Gasteiger partial charge in [0, 0.05) is 5.92 Å². The predicted octanol–water partition coefficient (Wildman–Crippen LogP) is 2.77. The quantitative estimate of drug-likeness (QED) is 0.569. The summed E-state index contributed by atoms with van der Waals surface area (Å²) in [5.41, 5.74) is 2.88. The van der Waals surface area contributed by atoms with Crippen LogP contribution < -0.4 is 10.6 Å². The van der Waals surface area contributed by atoms with Crippen molar-refractivity contribution in [2.24, 2.45) is 5.41 Å². The summed E-state index contributed by atoms with van der Waals surface area (Å²) in [5.74, 6) is -7.45. The predicted molar refractivity (Wildman–Crippen MR) is 117 cm³/mol. The fourth-order valence-electron chi connectivity index (χ4n) is 4.35. The van der Waals surface area contributed by atoms with E-state index in [1.54, 1.807) is 0 Å². The molecule has 10 heteroatoms. The van der Waals surface area contributed by atoms with Gasteiger partial charge in [-0.05, 0) is 29.2 Å². The second kappa shape index (κ2) is 9.02. The summed E-state index contributed by atoms with van der Waals surface area (Å²) in [5, 5.41) is 13.1. The minimum atomic E-state index is -4.11. The van der Waals surface area contributed by atoms with Gasteiger partial charge in [0.15, 0.2) is 0 Å². The normalized spacial score (nSPS) is 21.4. The number of carboxylic acid groups (broad SMARTS) is 1. The molecule has 2 atom stereocenters. The summed E-state index contributed by atoms with van der Waals surface area (Å²) in [6.45, 7) is -0.00646. The fraction of sp³-hybridized carbons (Fsp3) is 0.375. The Morgan fingerprint density at radius 2 is 1.71 bits per heavy atom. The van der Waals surface area contributed by atoms with E-state index in [-0.39, 0.29) is 25.7 Å². The average molecular weight is 474 g/mol. The molecule has 3 N–H and O–H groups in total. The summed E-state index contributed by atoms with van der Waals surface area (Å²) in [7, 11) is 0. The maximum atomic E-state index is 13.3. The highest BCUT2D eigenvalue weighted by Gasteiger charge is 2.49. The Balaban J connectivity index is 1.38. The third-order valence-electron chi connectivity index (χ3n) is 6.39. The lowest BCUT2D eigenvalue weighted by atomic mass is 9.84. The molecule has 0 radical (unpaired) electrons. The van der Waals surface area contributed by atoms with Gasteiger partial charge in [0.1, 0.15) is 6.61 Å². The molecular weight excluding hydrogens is 450 g/mol. The summed E-state index contributed by atoms with van der Waals surface area (Å²) in [4.78, 5) is 35.7. The van der Waals surface area contributed by atoms with Crippen LogP contribution in [0.5, 0.6) is 0 Å². The van der Waals surface area contributed by atoms with Crippen molar-refractivity contribution in [1.82, 2.24) is 10.6 Å². The van der Waals surface area contributed by atoms with Crippen LogP contribution >= 0.6 is 0 Å². The van der Waals surface area contributed by atoms with E-state index in [0.29, 0.717) is 0 Å². The molecule has 4 rings (SSSR count). The van der Waals surface area contributed by atoms with Crippen LogP contribution in [0, 0.1) is 5.41 Å². The Morgan fingerprint density at radius 3 is 2.29 bits per heavy atom. The van der Waals surface area contributed by atoms with Crippen LogP contribution in [-0.2, 0) is 19.1 Å². The number of halogens is 2. The van der Waals surface area contributed by atoms with E-state index < -0.39 is 41.9 Å². The molecule has 1 aliphatic heterocycles. The highest BCUT2D eigenvalue weighted by molar-refractivity contribution is 5.85. The molecule has 1 saturated heterocycles. The number of carbonyl (C=O) groups excluding carboxylic acids is 2. The molecule has 1 fully saturated rings. The van der Waals surface area contributed by atoms with E-state index in [9.17, 15) is 23.2 Å². The van der Waals surface area contributed by atoms with Crippen molar-refractivity contribution in [3.05, 3.63) is 59.7 Å². The number of ether oxygens (including phenoxy) is 2. The molecule has 0 saturated carbocycles. The van der Waals surface area contributed by atoms with Crippen molar-refractivity contribution < 1.29 is 37.7 Å². The number of rotatable bonds is 7. The summed E-state index contributed by atoms with van der Waals surface area (Å²) in [6, 6.07) is 14.9. The van der Waals surface area contributed by atoms with Crippen LogP contribution in [0.3, 0.4) is 0 Å². The first-order valence-corrected chi connectivity index (χ1v) is 10.7. The number of carboxylic acids is 1. The highest BCUT2D eigenvalue weighted by Crippen LogP contribution is 2.44. The zero-order chi connectivity index (χ0) is 24.5. The molecular formula is C24H24F2N2O6. The Labute approximate surface area is 194 Å². The topological polar surface area (TPSA) is 114 Å². The number of hydrogen-bond acceptors (Lipinski definition) is 5. The minimum Gasteiger partial charge on any atom is -0.477 e. The van der Waals surface area contributed by atoms with Crippen molar-refractivity contribution in [1.29, 1.82) is 0 Å². The van der Waals surface area contributed by atoms with Gasteiger partial charge >= 0.3 is 18.0 Å². The number of fused-ring (bicyclic) bond motifs is 3. The molecule has 2 aromatic carbocycles. The Morgan fingerprint density at radius 1 is 1.12 bits per heavy atom. The summed E-state index contributed by atoms with van der Waals surface area (Å²) < 4.78 is 37.5. The molecule has 1 aliphatic carbocycles. The SMILES string of the molecule is CC1(C(=O)NCC(F)(F)C(=O)O)COCC1NC(=O)OCC1c2ccccc2-c2ccccc21. The monoisotopic (exact) mass is 474 g/mol. The molecule has 0 aromatic heterocycles. The van der Waals surface area contributed by atoms with Crippen molar-refractivity contribution in [2.75, 3.05) is 26.4 Å². The van der Waals surface area contributed by atoms with Crippen LogP contribution in [0.4, 0.5) is 13.6 Å². The molecule has 2 aromatic rings. The number of benzene rings is 2. The number of amides is 2. The first kappa shape index (κ1) is 23.6. The zero-order valence-corrected chi connectivity index (χ0v) is 18.3. The summed E-state index contributed by atoms with van der Waals surface area (Å²) >= 11 is 0. The second-order valence-corrected chi connectivity index (χ2v) is 8.65. The third-order valence-corrected chi connectivity index (χ3v) is 6.39. The van der Waals surface area contributed by atoms with Crippen molar-refractivity contribution in [3.63, 3.8) is 0 Å². The van der Waals surface area contributed by atoms with Crippen LogP contribution in [0.2, 0.25) is 0 Å². The van der Waals surface area contributed by atoms with E-state index >= 15 is 0 Å². The van der Waals surface area contributed by atoms with Gasteiger partial charge in [-0.15, -0.1) is 0 Å². The molecule has 2 amide bonds. The van der Waals surface area contributed by atoms with Crippen molar-refractivity contribution in [2.45, 2.75) is 24.8 Å². The Bertz CT molecular complexity index is 1080. The van der Waals surface area contributed by atoms with E-state index in [1.165, 1.54) is 6.92 Å². The van der Waals surface area contributed by atoms with Gasteiger partial charge in [0.05, 0.1) is 31.2 Å². The van der Waals surface area contributed by atoms with Crippen LogP contribution in [0.25, 0.3) is 11.1 Å². The third kappa shape index (κ3) is 4.33. The van der Waals surface area contributed by atoms with Crippen LogP contribution in [0.15, 0.2) is 48.5 Å². The lowest BCUT2D eigenvalue weighted by Gasteiger charge is -2.29. The van der Waals surface area contributed by atoms with Gasteiger partial charge in [-0.3, -0.25) is 4.79 Å². The Kier molecular flexibility index (Phi) is 6.26. The van der Waals surface area contributed by atoms with Crippen molar-refractivity contribution >= 4 is 18.0 Å². The molecule has 0 bridgehead atoms. The molecule has 1 heterocycles. The van der Waals surface area contributed by atoms with Crippen LogP contribution in [0.1, 0.15) is 24.0 Å².